The lowest BCUT2D eigenvalue weighted by atomic mass is 9.92. The molecule has 3 nitrogen and oxygen atoms in total. The minimum absolute atomic E-state index is 0.248. The smallest absolute Gasteiger partial charge is 0.122 e. The molecule has 1 aromatic rings. The average Bonchev–Trinajstić information content (AvgIpc) is 2.83. The SMILES string of the molecule is CCCC(C)CC(NN)c1ccc2c(c1)CCO2. The van der Waals surface area contributed by atoms with Gasteiger partial charge in [0, 0.05) is 12.5 Å². The van der Waals surface area contributed by atoms with Gasteiger partial charge < -0.3 is 4.74 Å². The highest BCUT2D eigenvalue weighted by Crippen LogP contribution is 2.30. The Labute approximate surface area is 110 Å². The van der Waals surface area contributed by atoms with Crippen molar-refractivity contribution in [3.63, 3.8) is 0 Å². The van der Waals surface area contributed by atoms with Crippen LogP contribution in [0.1, 0.15) is 50.3 Å². The van der Waals surface area contributed by atoms with Crippen LogP contribution in [0.4, 0.5) is 0 Å². The molecule has 0 bridgehead atoms. The Morgan fingerprint density at radius 3 is 3.00 bits per heavy atom. The number of hydrazine groups is 1. The maximum atomic E-state index is 5.71. The number of nitrogens with two attached hydrogens (primary N) is 1. The maximum absolute atomic E-state index is 5.71. The van der Waals surface area contributed by atoms with Crippen molar-refractivity contribution >= 4 is 0 Å². The van der Waals surface area contributed by atoms with E-state index >= 15 is 0 Å². The van der Waals surface area contributed by atoms with E-state index in [1.54, 1.807) is 0 Å². The first-order valence-corrected chi connectivity index (χ1v) is 6.96. The summed E-state index contributed by atoms with van der Waals surface area (Å²) in [5, 5.41) is 0. The van der Waals surface area contributed by atoms with E-state index in [4.69, 9.17) is 10.6 Å². The third-order valence-electron chi connectivity index (χ3n) is 3.74. The molecule has 0 radical (unpaired) electrons. The van der Waals surface area contributed by atoms with Crippen molar-refractivity contribution in [2.75, 3.05) is 6.61 Å². The fourth-order valence-corrected chi connectivity index (χ4v) is 2.74. The molecule has 0 saturated heterocycles. The number of benzene rings is 1. The van der Waals surface area contributed by atoms with Gasteiger partial charge in [-0.05, 0) is 29.5 Å². The van der Waals surface area contributed by atoms with Gasteiger partial charge in [0.15, 0.2) is 0 Å². The van der Waals surface area contributed by atoms with Gasteiger partial charge >= 0.3 is 0 Å². The van der Waals surface area contributed by atoms with Crippen molar-refractivity contribution in [2.24, 2.45) is 11.8 Å². The molecule has 1 aliphatic rings. The normalized spacial score (nSPS) is 17.1. The predicted octanol–water partition coefficient (Wildman–Crippen LogP) is 2.95. The van der Waals surface area contributed by atoms with Gasteiger partial charge in [0.05, 0.1) is 6.61 Å². The minimum Gasteiger partial charge on any atom is -0.493 e. The largest absolute Gasteiger partial charge is 0.493 e. The lowest BCUT2D eigenvalue weighted by molar-refractivity contribution is 0.356. The van der Waals surface area contributed by atoms with E-state index in [1.165, 1.54) is 24.0 Å². The first-order chi connectivity index (χ1) is 8.74. The van der Waals surface area contributed by atoms with Crippen LogP contribution in [-0.4, -0.2) is 6.61 Å². The van der Waals surface area contributed by atoms with Gasteiger partial charge in [0.1, 0.15) is 5.75 Å². The maximum Gasteiger partial charge on any atom is 0.122 e. The quantitative estimate of drug-likeness (QED) is 0.601. The Balaban J connectivity index is 2.07. The molecule has 2 unspecified atom stereocenters. The number of rotatable bonds is 6. The molecule has 1 aliphatic heterocycles. The highest BCUT2D eigenvalue weighted by atomic mass is 16.5. The molecule has 0 saturated carbocycles. The van der Waals surface area contributed by atoms with Crippen molar-refractivity contribution in [3.05, 3.63) is 29.3 Å². The Bertz CT molecular complexity index is 392. The molecule has 0 amide bonds. The molecule has 0 aliphatic carbocycles. The molecule has 2 atom stereocenters. The molecule has 1 heterocycles. The molecular weight excluding hydrogens is 224 g/mol. The van der Waals surface area contributed by atoms with Crippen LogP contribution in [0.3, 0.4) is 0 Å². The zero-order chi connectivity index (χ0) is 13.0. The van der Waals surface area contributed by atoms with E-state index in [2.05, 4.69) is 37.5 Å². The monoisotopic (exact) mass is 248 g/mol. The van der Waals surface area contributed by atoms with Crippen LogP contribution in [0.25, 0.3) is 0 Å². The summed E-state index contributed by atoms with van der Waals surface area (Å²) in [7, 11) is 0. The van der Waals surface area contributed by atoms with Crippen molar-refractivity contribution in [2.45, 2.75) is 45.6 Å². The molecule has 0 spiro atoms. The van der Waals surface area contributed by atoms with Crippen molar-refractivity contribution in [3.8, 4) is 5.75 Å². The Hall–Kier alpha value is -1.06. The second kappa shape index (κ2) is 6.21. The summed E-state index contributed by atoms with van der Waals surface area (Å²) in [5.74, 6) is 7.45. The first-order valence-electron chi connectivity index (χ1n) is 6.96. The summed E-state index contributed by atoms with van der Waals surface area (Å²) in [6.07, 6.45) is 4.59. The van der Waals surface area contributed by atoms with Crippen molar-refractivity contribution in [1.29, 1.82) is 0 Å². The van der Waals surface area contributed by atoms with Gasteiger partial charge in [0.2, 0.25) is 0 Å². The van der Waals surface area contributed by atoms with Gasteiger partial charge in [-0.15, -0.1) is 0 Å². The average molecular weight is 248 g/mol. The van der Waals surface area contributed by atoms with E-state index in [0.717, 1.165) is 25.2 Å². The van der Waals surface area contributed by atoms with E-state index < -0.39 is 0 Å². The highest BCUT2D eigenvalue weighted by molar-refractivity contribution is 5.40. The number of hydrogen-bond acceptors (Lipinski definition) is 3. The Morgan fingerprint density at radius 1 is 1.44 bits per heavy atom. The molecule has 100 valence electrons. The summed E-state index contributed by atoms with van der Waals surface area (Å²) < 4.78 is 5.53. The van der Waals surface area contributed by atoms with Crippen LogP contribution in [0.15, 0.2) is 18.2 Å². The van der Waals surface area contributed by atoms with E-state index in [1.807, 2.05) is 0 Å². The molecule has 2 rings (SSSR count). The van der Waals surface area contributed by atoms with Gasteiger partial charge in [-0.25, -0.2) is 0 Å². The molecular formula is C15H24N2O. The summed E-state index contributed by atoms with van der Waals surface area (Å²) in [6.45, 7) is 5.34. The predicted molar refractivity (Wildman–Crippen MR) is 74.4 cm³/mol. The Morgan fingerprint density at radius 2 is 2.28 bits per heavy atom. The van der Waals surface area contributed by atoms with Gasteiger partial charge in [-0.2, -0.15) is 0 Å². The van der Waals surface area contributed by atoms with E-state index in [9.17, 15) is 0 Å². The summed E-state index contributed by atoms with van der Waals surface area (Å²) in [4.78, 5) is 0. The van der Waals surface area contributed by atoms with E-state index in [0.29, 0.717) is 5.92 Å². The summed E-state index contributed by atoms with van der Waals surface area (Å²) in [5.41, 5.74) is 5.56. The molecule has 3 N–H and O–H groups in total. The second-order valence-corrected chi connectivity index (χ2v) is 5.31. The first kappa shape index (κ1) is 13.4. The molecule has 1 aromatic carbocycles. The van der Waals surface area contributed by atoms with Crippen LogP contribution in [0, 0.1) is 5.92 Å². The fourth-order valence-electron chi connectivity index (χ4n) is 2.74. The zero-order valence-corrected chi connectivity index (χ0v) is 11.4. The highest BCUT2D eigenvalue weighted by Gasteiger charge is 2.17. The topological polar surface area (TPSA) is 47.3 Å². The summed E-state index contributed by atoms with van der Waals surface area (Å²) >= 11 is 0. The van der Waals surface area contributed by atoms with Crippen LogP contribution in [-0.2, 0) is 6.42 Å². The van der Waals surface area contributed by atoms with Crippen LogP contribution >= 0.6 is 0 Å². The number of hydrogen-bond donors (Lipinski definition) is 2. The summed E-state index contributed by atoms with van der Waals surface area (Å²) in [6, 6.07) is 6.70. The van der Waals surface area contributed by atoms with Crippen molar-refractivity contribution in [1.82, 2.24) is 5.43 Å². The van der Waals surface area contributed by atoms with Gasteiger partial charge in [0.25, 0.3) is 0 Å². The minimum atomic E-state index is 0.248. The zero-order valence-electron chi connectivity index (χ0n) is 11.4. The molecule has 3 heteroatoms. The van der Waals surface area contributed by atoms with Crippen molar-refractivity contribution < 1.29 is 4.74 Å². The van der Waals surface area contributed by atoms with Crippen LogP contribution in [0.2, 0.25) is 0 Å². The third kappa shape index (κ3) is 3.03. The molecule has 0 fully saturated rings. The second-order valence-electron chi connectivity index (χ2n) is 5.31. The third-order valence-corrected chi connectivity index (χ3v) is 3.74. The lowest BCUT2D eigenvalue weighted by Crippen LogP contribution is -2.29. The van der Waals surface area contributed by atoms with Crippen LogP contribution in [0.5, 0.6) is 5.75 Å². The number of fused-ring (bicyclic) bond motifs is 1. The fraction of sp³-hybridized carbons (Fsp3) is 0.600. The van der Waals surface area contributed by atoms with Gasteiger partial charge in [-0.1, -0.05) is 38.8 Å². The number of nitrogens with one attached hydrogen (secondary N) is 1. The Kier molecular flexibility index (Phi) is 4.61. The number of ether oxygens (including phenoxy) is 1. The lowest BCUT2D eigenvalue weighted by Gasteiger charge is -2.21. The molecule has 18 heavy (non-hydrogen) atoms. The van der Waals surface area contributed by atoms with Crippen LogP contribution < -0.4 is 16.0 Å². The molecule has 0 aromatic heterocycles. The van der Waals surface area contributed by atoms with Gasteiger partial charge in [-0.3, -0.25) is 11.3 Å². The van der Waals surface area contributed by atoms with E-state index in [-0.39, 0.29) is 6.04 Å². The standard InChI is InChI=1S/C15H24N2O/c1-3-4-11(2)9-14(17-16)12-5-6-15-13(10-12)7-8-18-15/h5-6,10-11,14,17H,3-4,7-9,16H2,1-2H3.